The lowest BCUT2D eigenvalue weighted by Gasteiger charge is -2.05. The molecule has 0 aliphatic rings. The van der Waals surface area contributed by atoms with Crippen LogP contribution in [0.2, 0.25) is 10.0 Å². The highest BCUT2D eigenvalue weighted by atomic mass is 35.5. The number of benzene rings is 3. The molecule has 0 unspecified atom stereocenters. The zero-order valence-electron chi connectivity index (χ0n) is 17.6. The lowest BCUT2D eigenvalue weighted by atomic mass is 10.1. The fourth-order valence-electron chi connectivity index (χ4n) is 3.91. The number of fused-ring (bicyclic) bond motifs is 3. The molecule has 0 fully saturated rings. The first-order valence-corrected chi connectivity index (χ1v) is 12.3. The predicted octanol–water partition coefficient (Wildman–Crippen LogP) is 8.03. The molecule has 6 rings (SSSR count). The molecule has 6 aromatic rings. The van der Waals surface area contributed by atoms with E-state index < -0.39 is 0 Å². The van der Waals surface area contributed by atoms with Gasteiger partial charge in [-0.05, 0) is 29.8 Å². The van der Waals surface area contributed by atoms with Crippen molar-refractivity contribution in [3.8, 4) is 22.8 Å². The minimum Gasteiger partial charge on any atom is -0.410 e. The van der Waals surface area contributed by atoms with E-state index in [-0.39, 0.29) is 0 Å². The first kappa shape index (κ1) is 21.2. The van der Waals surface area contributed by atoms with Crippen molar-refractivity contribution < 1.29 is 4.42 Å². The first-order valence-electron chi connectivity index (χ1n) is 10.5. The number of nitrogens with one attached hydrogen (secondary N) is 1. The summed E-state index contributed by atoms with van der Waals surface area (Å²) >= 11 is 13.6. The van der Waals surface area contributed by atoms with Crippen molar-refractivity contribution in [1.82, 2.24) is 20.2 Å². The molecular weight excluding hydrogens is 487 g/mol. The maximum atomic E-state index is 6.12. The molecule has 0 radical (unpaired) electrons. The quantitative estimate of drug-likeness (QED) is 0.241. The van der Waals surface area contributed by atoms with E-state index >= 15 is 0 Å². The van der Waals surface area contributed by atoms with Crippen molar-refractivity contribution >= 4 is 56.8 Å². The van der Waals surface area contributed by atoms with Gasteiger partial charge in [0.2, 0.25) is 0 Å². The van der Waals surface area contributed by atoms with Gasteiger partial charge in [-0.3, -0.25) is 0 Å². The molecular formula is C26H16Cl2N4OS. The lowest BCUT2D eigenvalue weighted by Crippen LogP contribution is -1.90. The second-order valence-corrected chi connectivity index (χ2v) is 9.47. The van der Waals surface area contributed by atoms with Crippen LogP contribution < -0.4 is 0 Å². The Balaban J connectivity index is 1.39. The Kier molecular flexibility index (Phi) is 5.49. The van der Waals surface area contributed by atoms with Gasteiger partial charge in [0.05, 0.1) is 21.3 Å². The third kappa shape index (κ3) is 3.94. The van der Waals surface area contributed by atoms with Crippen molar-refractivity contribution in [2.45, 2.75) is 11.0 Å². The van der Waals surface area contributed by atoms with Gasteiger partial charge in [-0.1, -0.05) is 89.6 Å². The zero-order valence-corrected chi connectivity index (χ0v) is 20.0. The van der Waals surface area contributed by atoms with Gasteiger partial charge in [0.25, 0.3) is 11.1 Å². The first-order chi connectivity index (χ1) is 16.7. The van der Waals surface area contributed by atoms with Gasteiger partial charge in [0, 0.05) is 27.6 Å². The topological polar surface area (TPSA) is 67.6 Å². The van der Waals surface area contributed by atoms with E-state index in [2.05, 4.69) is 27.3 Å². The predicted molar refractivity (Wildman–Crippen MR) is 138 cm³/mol. The molecule has 0 saturated carbocycles. The van der Waals surface area contributed by atoms with E-state index in [1.165, 1.54) is 11.8 Å². The molecule has 0 bridgehead atoms. The van der Waals surface area contributed by atoms with Gasteiger partial charge < -0.3 is 9.40 Å². The highest BCUT2D eigenvalue weighted by Gasteiger charge is 2.18. The highest BCUT2D eigenvalue weighted by molar-refractivity contribution is 7.98. The smallest absolute Gasteiger partial charge is 0.277 e. The van der Waals surface area contributed by atoms with Gasteiger partial charge in [0.15, 0.2) is 0 Å². The SMILES string of the molecule is Clc1ccc(CSc2nnc(-c3cc4c([nH]c5ccccc54)c(-c4ccccc4)n3)o2)cc1Cl. The van der Waals surface area contributed by atoms with Gasteiger partial charge in [-0.15, -0.1) is 10.2 Å². The van der Waals surface area contributed by atoms with Crippen LogP contribution in [0.5, 0.6) is 0 Å². The molecule has 0 saturated heterocycles. The highest BCUT2D eigenvalue weighted by Crippen LogP contribution is 2.35. The largest absolute Gasteiger partial charge is 0.410 e. The number of rotatable bonds is 5. The molecule has 3 aromatic carbocycles. The molecule has 166 valence electrons. The zero-order chi connectivity index (χ0) is 23.1. The Morgan fingerprint density at radius 3 is 2.50 bits per heavy atom. The van der Waals surface area contributed by atoms with Crippen LogP contribution in [-0.2, 0) is 5.75 Å². The van der Waals surface area contributed by atoms with E-state index in [9.17, 15) is 0 Å². The maximum Gasteiger partial charge on any atom is 0.277 e. The van der Waals surface area contributed by atoms with Crippen LogP contribution in [-0.4, -0.2) is 20.2 Å². The summed E-state index contributed by atoms with van der Waals surface area (Å²) in [5.41, 5.74) is 5.53. The Morgan fingerprint density at radius 1 is 0.824 bits per heavy atom. The van der Waals surface area contributed by atoms with Crippen molar-refractivity contribution in [3.63, 3.8) is 0 Å². The summed E-state index contributed by atoms with van der Waals surface area (Å²) < 4.78 is 5.98. The monoisotopic (exact) mass is 502 g/mol. The Morgan fingerprint density at radius 2 is 1.65 bits per heavy atom. The van der Waals surface area contributed by atoms with Crippen molar-refractivity contribution in [2.75, 3.05) is 0 Å². The molecule has 0 amide bonds. The molecule has 8 heteroatoms. The van der Waals surface area contributed by atoms with E-state index in [0.29, 0.717) is 32.6 Å². The van der Waals surface area contributed by atoms with Gasteiger partial charge in [-0.2, -0.15) is 0 Å². The number of nitrogens with zero attached hydrogens (tertiary/aromatic N) is 3. The molecule has 0 aliphatic carbocycles. The number of aromatic nitrogens is 4. The second-order valence-electron chi connectivity index (χ2n) is 7.73. The molecule has 3 heterocycles. The maximum absolute atomic E-state index is 6.12. The van der Waals surface area contributed by atoms with E-state index in [4.69, 9.17) is 32.6 Å². The molecule has 0 spiro atoms. The van der Waals surface area contributed by atoms with Crippen LogP contribution in [0.3, 0.4) is 0 Å². The number of para-hydroxylation sites is 1. The number of aromatic amines is 1. The molecule has 5 nitrogen and oxygen atoms in total. The second kappa shape index (κ2) is 8.80. The third-order valence-corrected chi connectivity index (χ3v) is 7.14. The normalized spacial score (nSPS) is 11.5. The van der Waals surface area contributed by atoms with E-state index in [0.717, 1.165) is 38.6 Å². The number of hydrogen-bond acceptors (Lipinski definition) is 5. The van der Waals surface area contributed by atoms with Crippen molar-refractivity contribution in [2.24, 2.45) is 0 Å². The fourth-order valence-corrected chi connectivity index (χ4v) is 4.93. The average Bonchev–Trinajstić information content (AvgIpc) is 3.49. The number of hydrogen-bond donors (Lipinski definition) is 1. The van der Waals surface area contributed by atoms with Gasteiger partial charge in [0.1, 0.15) is 5.69 Å². The summed E-state index contributed by atoms with van der Waals surface area (Å²) in [5, 5.41) is 12.2. The van der Waals surface area contributed by atoms with Crippen LogP contribution in [0.25, 0.3) is 44.6 Å². The number of pyridine rings is 1. The summed E-state index contributed by atoms with van der Waals surface area (Å²) in [4.78, 5) is 8.44. The lowest BCUT2D eigenvalue weighted by molar-refractivity contribution is 0.464. The summed E-state index contributed by atoms with van der Waals surface area (Å²) in [5.74, 6) is 1.00. The van der Waals surface area contributed by atoms with Crippen LogP contribution >= 0.6 is 35.0 Å². The molecule has 0 aliphatic heterocycles. The number of thioether (sulfide) groups is 1. The Labute approximate surface area is 209 Å². The molecule has 34 heavy (non-hydrogen) atoms. The van der Waals surface area contributed by atoms with E-state index in [1.54, 1.807) is 6.07 Å². The fraction of sp³-hybridized carbons (Fsp3) is 0.0385. The average molecular weight is 503 g/mol. The number of H-pyrrole nitrogens is 1. The third-order valence-electron chi connectivity index (χ3n) is 5.52. The summed E-state index contributed by atoms with van der Waals surface area (Å²) in [6.45, 7) is 0. The van der Waals surface area contributed by atoms with Crippen LogP contribution in [0, 0.1) is 0 Å². The van der Waals surface area contributed by atoms with Crippen LogP contribution in [0.15, 0.2) is 88.5 Å². The van der Waals surface area contributed by atoms with Crippen LogP contribution in [0.4, 0.5) is 0 Å². The van der Waals surface area contributed by atoms with Crippen molar-refractivity contribution in [3.05, 3.63) is 94.5 Å². The number of halogens is 2. The molecule has 1 N–H and O–H groups in total. The van der Waals surface area contributed by atoms with E-state index in [1.807, 2.05) is 60.7 Å². The summed E-state index contributed by atoms with van der Waals surface area (Å²) in [7, 11) is 0. The summed E-state index contributed by atoms with van der Waals surface area (Å²) in [6.07, 6.45) is 0. The van der Waals surface area contributed by atoms with Gasteiger partial charge >= 0.3 is 0 Å². The molecule has 0 atom stereocenters. The molecule has 3 aromatic heterocycles. The minimum atomic E-state index is 0.376. The summed E-state index contributed by atoms with van der Waals surface area (Å²) in [6, 6.07) is 25.8. The van der Waals surface area contributed by atoms with Crippen molar-refractivity contribution in [1.29, 1.82) is 0 Å². The minimum absolute atomic E-state index is 0.376. The van der Waals surface area contributed by atoms with Gasteiger partial charge in [-0.25, -0.2) is 4.98 Å². The van der Waals surface area contributed by atoms with Crippen LogP contribution in [0.1, 0.15) is 5.56 Å². The standard InChI is InChI=1S/C26H16Cl2N4OS/c27-19-11-10-15(12-20(19)28)14-34-26-32-31-25(33-26)22-13-18-17-8-4-5-9-21(17)29-24(18)23(30-22)16-6-2-1-3-7-16/h1-13,29H,14H2. The Bertz CT molecular complexity index is 1650. The Hall–Kier alpha value is -3.32.